The number of rotatable bonds is 3. The monoisotopic (exact) mass is 236 g/mol. The van der Waals surface area contributed by atoms with Crippen LogP contribution in [-0.2, 0) is 4.74 Å². The van der Waals surface area contributed by atoms with Crippen LogP contribution in [0.4, 0.5) is 11.4 Å². The molecule has 1 heterocycles. The first-order valence-corrected chi connectivity index (χ1v) is 5.96. The Labute approximate surface area is 102 Å². The van der Waals surface area contributed by atoms with Crippen LogP contribution in [0.2, 0.25) is 0 Å². The molecular weight excluding hydrogens is 216 g/mol. The number of aliphatic hydroxyl groups is 1. The van der Waals surface area contributed by atoms with Crippen LogP contribution in [0.25, 0.3) is 0 Å². The lowest BCUT2D eigenvalue weighted by atomic mass is 9.96. The fourth-order valence-electron chi connectivity index (χ4n) is 2.10. The fraction of sp³-hybridized carbons (Fsp3) is 0.538. The smallest absolute Gasteiger partial charge is 0.110 e. The van der Waals surface area contributed by atoms with E-state index in [1.807, 2.05) is 32.0 Å². The highest BCUT2D eigenvalue weighted by molar-refractivity contribution is 5.62. The molecule has 0 saturated carbocycles. The Balaban J connectivity index is 2.05. The zero-order chi connectivity index (χ0) is 12.5. The first kappa shape index (κ1) is 12.2. The molecule has 4 nitrogen and oxygen atoms in total. The van der Waals surface area contributed by atoms with Gasteiger partial charge in [-0.25, -0.2) is 0 Å². The van der Waals surface area contributed by atoms with Crippen molar-refractivity contribution in [1.29, 1.82) is 0 Å². The third-order valence-electron chi connectivity index (χ3n) is 3.62. The standard InChI is InChI=1S/C13H20N2O2/c1-9-11(14)4-3-5-12(9)15-8-13(16)6-7-17-10(13)2/h3-5,10,15-16H,6-8,14H2,1-2H3. The molecule has 1 fully saturated rings. The van der Waals surface area contributed by atoms with Crippen LogP contribution in [0.15, 0.2) is 18.2 Å². The number of ether oxygens (including phenoxy) is 1. The minimum Gasteiger partial charge on any atom is -0.398 e. The van der Waals surface area contributed by atoms with Crippen molar-refractivity contribution >= 4 is 11.4 Å². The normalized spacial score (nSPS) is 28.3. The zero-order valence-electron chi connectivity index (χ0n) is 10.4. The first-order valence-electron chi connectivity index (χ1n) is 5.96. The average molecular weight is 236 g/mol. The second kappa shape index (κ2) is 4.55. The van der Waals surface area contributed by atoms with E-state index in [1.54, 1.807) is 0 Å². The van der Waals surface area contributed by atoms with Gasteiger partial charge in [0.25, 0.3) is 0 Å². The lowest BCUT2D eigenvalue weighted by Crippen LogP contribution is -2.43. The third-order valence-corrected chi connectivity index (χ3v) is 3.62. The van der Waals surface area contributed by atoms with E-state index in [-0.39, 0.29) is 6.10 Å². The number of benzene rings is 1. The summed E-state index contributed by atoms with van der Waals surface area (Å²) in [6.45, 7) is 4.98. The van der Waals surface area contributed by atoms with Crippen LogP contribution >= 0.6 is 0 Å². The van der Waals surface area contributed by atoms with Crippen molar-refractivity contribution in [2.45, 2.75) is 32.0 Å². The summed E-state index contributed by atoms with van der Waals surface area (Å²) in [6.07, 6.45) is 0.541. The molecule has 1 aliphatic heterocycles. The molecule has 0 aliphatic carbocycles. The van der Waals surface area contributed by atoms with Gasteiger partial charge in [0.05, 0.1) is 6.10 Å². The summed E-state index contributed by atoms with van der Waals surface area (Å²) in [5, 5.41) is 13.6. The summed E-state index contributed by atoms with van der Waals surface area (Å²) >= 11 is 0. The number of nitrogen functional groups attached to an aromatic ring is 1. The minimum absolute atomic E-state index is 0.128. The van der Waals surface area contributed by atoms with Gasteiger partial charge >= 0.3 is 0 Å². The van der Waals surface area contributed by atoms with Crippen LogP contribution in [-0.4, -0.2) is 30.0 Å². The summed E-state index contributed by atoms with van der Waals surface area (Å²) in [6, 6.07) is 5.75. The van der Waals surface area contributed by atoms with Crippen molar-refractivity contribution in [3.05, 3.63) is 23.8 Å². The number of anilines is 2. The molecule has 2 atom stereocenters. The Morgan fingerprint density at radius 1 is 1.59 bits per heavy atom. The van der Waals surface area contributed by atoms with Gasteiger partial charge in [0, 0.05) is 30.9 Å². The highest BCUT2D eigenvalue weighted by Gasteiger charge is 2.39. The Morgan fingerprint density at radius 3 is 3.00 bits per heavy atom. The van der Waals surface area contributed by atoms with Crippen LogP contribution in [0.3, 0.4) is 0 Å². The van der Waals surface area contributed by atoms with Gasteiger partial charge in [-0.2, -0.15) is 0 Å². The lowest BCUT2D eigenvalue weighted by molar-refractivity contribution is -0.0175. The van der Waals surface area contributed by atoms with E-state index < -0.39 is 5.60 Å². The highest BCUT2D eigenvalue weighted by Crippen LogP contribution is 2.27. The van der Waals surface area contributed by atoms with E-state index in [4.69, 9.17) is 10.5 Å². The average Bonchev–Trinajstić information content (AvgIpc) is 2.62. The van der Waals surface area contributed by atoms with E-state index in [0.717, 1.165) is 16.9 Å². The molecule has 2 unspecified atom stereocenters. The maximum absolute atomic E-state index is 10.4. The largest absolute Gasteiger partial charge is 0.398 e. The van der Waals surface area contributed by atoms with E-state index in [1.165, 1.54) is 0 Å². The topological polar surface area (TPSA) is 67.5 Å². The first-order chi connectivity index (χ1) is 8.03. The molecule has 2 rings (SSSR count). The Hall–Kier alpha value is -1.26. The predicted octanol–water partition coefficient (Wildman–Crippen LogP) is 1.53. The van der Waals surface area contributed by atoms with Crippen molar-refractivity contribution < 1.29 is 9.84 Å². The van der Waals surface area contributed by atoms with Crippen molar-refractivity contribution in [2.75, 3.05) is 24.2 Å². The number of nitrogens with one attached hydrogen (secondary N) is 1. The molecule has 1 aromatic carbocycles. The van der Waals surface area contributed by atoms with Gasteiger partial charge in [0.2, 0.25) is 0 Å². The van der Waals surface area contributed by atoms with Gasteiger partial charge in [-0.3, -0.25) is 0 Å². The van der Waals surface area contributed by atoms with Crippen LogP contribution < -0.4 is 11.1 Å². The van der Waals surface area contributed by atoms with E-state index in [9.17, 15) is 5.11 Å². The number of hydrogen-bond donors (Lipinski definition) is 3. The second-order valence-corrected chi connectivity index (χ2v) is 4.74. The van der Waals surface area contributed by atoms with E-state index in [0.29, 0.717) is 19.6 Å². The Bertz CT molecular complexity index is 408. The van der Waals surface area contributed by atoms with Gasteiger partial charge in [-0.1, -0.05) is 6.07 Å². The molecule has 4 heteroatoms. The SMILES string of the molecule is Cc1c(N)cccc1NCC1(O)CCOC1C. The molecule has 0 radical (unpaired) electrons. The molecule has 0 amide bonds. The highest BCUT2D eigenvalue weighted by atomic mass is 16.5. The van der Waals surface area contributed by atoms with Crippen molar-refractivity contribution in [2.24, 2.45) is 0 Å². The quantitative estimate of drug-likeness (QED) is 0.696. The summed E-state index contributed by atoms with van der Waals surface area (Å²) in [5.41, 5.74) is 7.80. The third kappa shape index (κ3) is 2.37. The molecule has 4 N–H and O–H groups in total. The van der Waals surface area contributed by atoms with E-state index in [2.05, 4.69) is 5.32 Å². The molecule has 0 bridgehead atoms. The molecule has 17 heavy (non-hydrogen) atoms. The molecular formula is C13H20N2O2. The van der Waals surface area contributed by atoms with Gasteiger partial charge in [0.15, 0.2) is 0 Å². The maximum atomic E-state index is 10.4. The van der Waals surface area contributed by atoms with Crippen molar-refractivity contribution in [3.63, 3.8) is 0 Å². The molecule has 0 spiro atoms. The molecule has 0 aromatic heterocycles. The summed E-state index contributed by atoms with van der Waals surface area (Å²) in [4.78, 5) is 0. The number of nitrogens with two attached hydrogens (primary N) is 1. The Morgan fingerprint density at radius 2 is 2.35 bits per heavy atom. The second-order valence-electron chi connectivity index (χ2n) is 4.74. The molecule has 94 valence electrons. The van der Waals surface area contributed by atoms with Crippen LogP contribution in [0.5, 0.6) is 0 Å². The minimum atomic E-state index is -0.781. The summed E-state index contributed by atoms with van der Waals surface area (Å²) < 4.78 is 5.40. The zero-order valence-corrected chi connectivity index (χ0v) is 10.4. The molecule has 1 saturated heterocycles. The Kier molecular flexibility index (Phi) is 3.26. The van der Waals surface area contributed by atoms with Crippen LogP contribution in [0.1, 0.15) is 18.9 Å². The summed E-state index contributed by atoms with van der Waals surface area (Å²) in [7, 11) is 0. The summed E-state index contributed by atoms with van der Waals surface area (Å²) in [5.74, 6) is 0. The van der Waals surface area contributed by atoms with Crippen molar-refractivity contribution in [1.82, 2.24) is 0 Å². The molecule has 1 aromatic rings. The predicted molar refractivity (Wildman–Crippen MR) is 69.1 cm³/mol. The maximum Gasteiger partial charge on any atom is 0.110 e. The van der Waals surface area contributed by atoms with Gasteiger partial charge in [0.1, 0.15) is 5.60 Å². The van der Waals surface area contributed by atoms with Gasteiger partial charge < -0.3 is 20.9 Å². The lowest BCUT2D eigenvalue weighted by Gasteiger charge is -2.27. The van der Waals surface area contributed by atoms with Gasteiger partial charge in [-0.15, -0.1) is 0 Å². The fourth-order valence-corrected chi connectivity index (χ4v) is 2.10. The van der Waals surface area contributed by atoms with Gasteiger partial charge in [-0.05, 0) is 31.5 Å². The van der Waals surface area contributed by atoms with Crippen LogP contribution in [0, 0.1) is 6.92 Å². The van der Waals surface area contributed by atoms with E-state index >= 15 is 0 Å². The molecule has 1 aliphatic rings. The van der Waals surface area contributed by atoms with Crippen molar-refractivity contribution in [3.8, 4) is 0 Å². The number of hydrogen-bond acceptors (Lipinski definition) is 4.